The molecule has 1 aromatic carbocycles. The molecule has 0 spiro atoms. The summed E-state index contributed by atoms with van der Waals surface area (Å²) in [7, 11) is 0. The fourth-order valence-corrected chi connectivity index (χ4v) is 3.76. The van der Waals surface area contributed by atoms with Crippen LogP contribution in [0, 0.1) is 0 Å². The molecule has 0 heterocycles. The lowest BCUT2D eigenvalue weighted by Gasteiger charge is -2.23. The topological polar surface area (TPSA) is 45.1 Å². The number of hydrogen-bond donors (Lipinski definition) is 1. The van der Waals surface area contributed by atoms with E-state index in [1.165, 1.54) is 0 Å². The number of aliphatic hydroxyl groups excluding tert-OH is 1. The Morgan fingerprint density at radius 3 is 2.54 bits per heavy atom. The van der Waals surface area contributed by atoms with E-state index < -0.39 is 6.10 Å². The molecule has 4 nitrogen and oxygen atoms in total. The van der Waals surface area contributed by atoms with Crippen molar-refractivity contribution in [2.45, 2.75) is 58.5 Å². The van der Waals surface area contributed by atoms with Gasteiger partial charge in [-0.25, -0.2) is 0 Å². The van der Waals surface area contributed by atoms with Crippen LogP contribution in [0.25, 0.3) is 6.08 Å². The monoisotopic (exact) mass is 426 g/mol. The van der Waals surface area contributed by atoms with Gasteiger partial charge in [-0.05, 0) is 81.0 Å². The molecule has 1 unspecified atom stereocenters. The average molecular weight is 427 g/mol. The Bertz CT molecular complexity index is 671. The minimum atomic E-state index is -0.534. The van der Waals surface area contributed by atoms with Gasteiger partial charge in [0.25, 0.3) is 0 Å². The number of hydrogen-bond acceptors (Lipinski definition) is 4. The Kier molecular flexibility index (Phi) is 10.3. The third-order valence-electron chi connectivity index (χ3n) is 4.76. The van der Waals surface area contributed by atoms with E-state index in [-0.39, 0.29) is 6.61 Å². The van der Waals surface area contributed by atoms with Crippen LogP contribution in [-0.2, 0) is 4.84 Å². The summed E-state index contributed by atoms with van der Waals surface area (Å²) in [6, 6.07) is 5.62. The molecule has 2 rings (SSSR count). The zero-order chi connectivity index (χ0) is 20.4. The minimum absolute atomic E-state index is 0.216. The number of oxime groups is 1. The molecule has 0 aromatic heterocycles. The molecule has 0 amide bonds. The SMILES string of the molecule is CCCN(CCC)CC(O)CO/N=C1\CCCC\C1=C/c1ccc(Cl)c(Cl)c1. The maximum absolute atomic E-state index is 10.3. The molecule has 1 aliphatic carbocycles. The van der Waals surface area contributed by atoms with E-state index in [1.807, 2.05) is 12.1 Å². The van der Waals surface area contributed by atoms with Crippen molar-refractivity contribution in [3.05, 3.63) is 39.4 Å². The van der Waals surface area contributed by atoms with Crippen LogP contribution in [0.3, 0.4) is 0 Å². The number of rotatable bonds is 10. The first-order valence-electron chi connectivity index (χ1n) is 10.3. The van der Waals surface area contributed by atoms with Gasteiger partial charge >= 0.3 is 0 Å². The second-order valence-corrected chi connectivity index (χ2v) is 8.15. The van der Waals surface area contributed by atoms with Crippen molar-refractivity contribution in [1.29, 1.82) is 0 Å². The third kappa shape index (κ3) is 7.75. The predicted molar refractivity (Wildman–Crippen MR) is 119 cm³/mol. The van der Waals surface area contributed by atoms with Crippen molar-refractivity contribution >= 4 is 35.0 Å². The Labute approximate surface area is 179 Å². The van der Waals surface area contributed by atoms with Crippen LogP contribution in [0.15, 0.2) is 28.9 Å². The summed E-state index contributed by atoms with van der Waals surface area (Å²) < 4.78 is 0. The second kappa shape index (κ2) is 12.5. The molecular formula is C22H32Cl2N2O2. The van der Waals surface area contributed by atoms with Gasteiger partial charge in [0, 0.05) is 6.54 Å². The molecule has 0 aliphatic heterocycles. The highest BCUT2D eigenvalue weighted by Crippen LogP contribution is 2.27. The summed E-state index contributed by atoms with van der Waals surface area (Å²) in [5.41, 5.74) is 3.13. The van der Waals surface area contributed by atoms with Crippen molar-refractivity contribution < 1.29 is 9.94 Å². The summed E-state index contributed by atoms with van der Waals surface area (Å²) in [6.45, 7) is 7.14. The van der Waals surface area contributed by atoms with Gasteiger partial charge < -0.3 is 14.8 Å². The van der Waals surface area contributed by atoms with Crippen LogP contribution in [0.4, 0.5) is 0 Å². The zero-order valence-corrected chi connectivity index (χ0v) is 18.5. The molecule has 6 heteroatoms. The first-order chi connectivity index (χ1) is 13.5. The van der Waals surface area contributed by atoms with Crippen molar-refractivity contribution in [3.8, 4) is 0 Å². The van der Waals surface area contributed by atoms with Crippen LogP contribution in [0.5, 0.6) is 0 Å². The van der Waals surface area contributed by atoms with E-state index in [9.17, 15) is 5.11 Å². The summed E-state index contributed by atoms with van der Waals surface area (Å²) in [5.74, 6) is 0. The lowest BCUT2D eigenvalue weighted by Crippen LogP contribution is -2.35. The van der Waals surface area contributed by atoms with Gasteiger partial charge in [-0.1, -0.05) is 48.3 Å². The van der Waals surface area contributed by atoms with Crippen molar-refractivity contribution in [2.24, 2.45) is 5.16 Å². The molecule has 0 bridgehead atoms. The van der Waals surface area contributed by atoms with Gasteiger partial charge in [0.2, 0.25) is 0 Å². The first-order valence-corrected chi connectivity index (χ1v) is 11.0. The number of allylic oxidation sites excluding steroid dienone is 1. The molecule has 1 atom stereocenters. The number of nitrogens with zero attached hydrogens (tertiary/aromatic N) is 2. The van der Waals surface area contributed by atoms with Crippen molar-refractivity contribution in [1.82, 2.24) is 4.90 Å². The van der Waals surface area contributed by atoms with Gasteiger partial charge in [0.05, 0.1) is 15.8 Å². The van der Waals surface area contributed by atoms with Crippen LogP contribution in [0.2, 0.25) is 10.0 Å². The lowest BCUT2D eigenvalue weighted by molar-refractivity contribution is 0.0188. The summed E-state index contributed by atoms with van der Waals surface area (Å²) in [6.07, 6.45) is 7.82. The fourth-order valence-electron chi connectivity index (χ4n) is 3.45. The predicted octanol–water partition coefficient (Wildman–Crippen LogP) is 5.81. The van der Waals surface area contributed by atoms with Crippen molar-refractivity contribution in [2.75, 3.05) is 26.2 Å². The number of aliphatic hydroxyl groups is 1. The zero-order valence-electron chi connectivity index (χ0n) is 17.0. The van der Waals surface area contributed by atoms with E-state index in [2.05, 4.69) is 30.0 Å². The van der Waals surface area contributed by atoms with E-state index >= 15 is 0 Å². The summed E-state index contributed by atoms with van der Waals surface area (Å²) in [4.78, 5) is 7.80. The fraction of sp³-hybridized carbons (Fsp3) is 0.591. The smallest absolute Gasteiger partial charge is 0.144 e. The molecule has 156 valence electrons. The number of halogens is 2. The highest BCUT2D eigenvalue weighted by atomic mass is 35.5. The van der Waals surface area contributed by atoms with Gasteiger partial charge in [0.15, 0.2) is 0 Å². The molecule has 1 aromatic rings. The van der Waals surface area contributed by atoms with Gasteiger partial charge in [-0.2, -0.15) is 0 Å². The molecule has 0 saturated heterocycles. The number of benzene rings is 1. The van der Waals surface area contributed by atoms with E-state index in [1.54, 1.807) is 6.07 Å². The third-order valence-corrected chi connectivity index (χ3v) is 5.49. The molecule has 0 radical (unpaired) electrons. The molecular weight excluding hydrogens is 395 g/mol. The molecule has 1 N–H and O–H groups in total. The lowest BCUT2D eigenvalue weighted by atomic mass is 9.91. The minimum Gasteiger partial charge on any atom is -0.393 e. The molecule has 1 aliphatic rings. The average Bonchev–Trinajstić information content (AvgIpc) is 2.66. The van der Waals surface area contributed by atoms with Gasteiger partial charge in [-0.15, -0.1) is 0 Å². The van der Waals surface area contributed by atoms with Gasteiger partial charge in [-0.3, -0.25) is 0 Å². The molecule has 1 saturated carbocycles. The Balaban J connectivity index is 1.96. The Morgan fingerprint density at radius 1 is 1.14 bits per heavy atom. The highest BCUT2D eigenvalue weighted by Gasteiger charge is 2.16. The van der Waals surface area contributed by atoms with Crippen LogP contribution < -0.4 is 0 Å². The van der Waals surface area contributed by atoms with Crippen LogP contribution >= 0.6 is 23.2 Å². The summed E-state index contributed by atoms with van der Waals surface area (Å²) >= 11 is 12.1. The second-order valence-electron chi connectivity index (χ2n) is 7.34. The Morgan fingerprint density at radius 2 is 1.86 bits per heavy atom. The largest absolute Gasteiger partial charge is 0.393 e. The van der Waals surface area contributed by atoms with Gasteiger partial charge in [0.1, 0.15) is 12.7 Å². The normalized spacial score (nSPS) is 18.8. The maximum atomic E-state index is 10.3. The molecule has 28 heavy (non-hydrogen) atoms. The standard InChI is InChI=1S/C22H32Cl2N2O2/c1-3-11-26(12-4-2)15-19(27)16-28-25-22-8-6-5-7-18(22)13-17-9-10-20(23)21(24)14-17/h9-10,13-14,19,27H,3-8,11-12,15-16H2,1-2H3/b18-13+,25-22+. The van der Waals surface area contributed by atoms with E-state index in [0.717, 1.165) is 68.5 Å². The summed E-state index contributed by atoms with van der Waals surface area (Å²) in [5, 5.41) is 15.7. The first kappa shape index (κ1) is 23.2. The Hall–Kier alpha value is -1.07. The van der Waals surface area contributed by atoms with Crippen molar-refractivity contribution in [3.63, 3.8) is 0 Å². The molecule has 1 fully saturated rings. The van der Waals surface area contributed by atoms with Crippen LogP contribution in [0.1, 0.15) is 57.9 Å². The maximum Gasteiger partial charge on any atom is 0.144 e. The van der Waals surface area contributed by atoms with Crippen LogP contribution in [-0.4, -0.2) is 48.1 Å². The quantitative estimate of drug-likeness (QED) is 0.480. The van der Waals surface area contributed by atoms with E-state index in [0.29, 0.717) is 16.6 Å². The van der Waals surface area contributed by atoms with E-state index in [4.69, 9.17) is 28.0 Å². The highest BCUT2D eigenvalue weighted by molar-refractivity contribution is 6.42.